The zero-order valence-corrected chi connectivity index (χ0v) is 11.6. The fraction of sp³-hybridized carbons (Fsp3) is 0.600. The fourth-order valence-corrected chi connectivity index (χ4v) is 2.27. The highest BCUT2D eigenvalue weighted by atomic mass is 19.1. The first-order valence-electron chi connectivity index (χ1n) is 6.97. The van der Waals surface area contributed by atoms with Gasteiger partial charge < -0.3 is 10.6 Å². The minimum atomic E-state index is -0.490. The van der Waals surface area contributed by atoms with Crippen LogP contribution < -0.4 is 10.6 Å². The summed E-state index contributed by atoms with van der Waals surface area (Å²) in [5, 5.41) is 0. The summed E-state index contributed by atoms with van der Waals surface area (Å²) in [7, 11) is 0. The average molecular weight is 268 g/mol. The van der Waals surface area contributed by atoms with E-state index in [0.717, 1.165) is 19.3 Å². The summed E-state index contributed by atoms with van der Waals surface area (Å²) in [6.07, 6.45) is 2.99. The lowest BCUT2D eigenvalue weighted by Crippen LogP contribution is -2.29. The van der Waals surface area contributed by atoms with Crippen molar-refractivity contribution in [3.63, 3.8) is 0 Å². The van der Waals surface area contributed by atoms with Crippen LogP contribution >= 0.6 is 0 Å². The number of rotatable bonds is 6. The van der Waals surface area contributed by atoms with E-state index in [2.05, 4.69) is 13.8 Å². The summed E-state index contributed by atoms with van der Waals surface area (Å²) < 4.78 is 28.2. The minimum Gasteiger partial charge on any atom is -0.364 e. The van der Waals surface area contributed by atoms with E-state index in [1.165, 1.54) is 12.1 Å². The third kappa shape index (κ3) is 3.44. The van der Waals surface area contributed by atoms with E-state index in [1.807, 2.05) is 4.90 Å². The van der Waals surface area contributed by atoms with Gasteiger partial charge in [-0.1, -0.05) is 13.8 Å². The van der Waals surface area contributed by atoms with Crippen LogP contribution in [-0.4, -0.2) is 12.6 Å². The van der Waals surface area contributed by atoms with Crippen molar-refractivity contribution in [2.75, 3.05) is 11.4 Å². The van der Waals surface area contributed by atoms with Crippen LogP contribution in [0, 0.1) is 17.6 Å². The lowest BCUT2D eigenvalue weighted by molar-refractivity contribution is 0.536. The summed E-state index contributed by atoms with van der Waals surface area (Å²) in [5.74, 6) is -0.456. The van der Waals surface area contributed by atoms with Crippen LogP contribution in [0.15, 0.2) is 12.1 Å². The Morgan fingerprint density at radius 2 is 1.84 bits per heavy atom. The number of hydrogen-bond acceptors (Lipinski definition) is 2. The molecular weight excluding hydrogens is 246 g/mol. The molecule has 0 aliphatic heterocycles. The van der Waals surface area contributed by atoms with Crippen molar-refractivity contribution in [2.24, 2.45) is 11.7 Å². The van der Waals surface area contributed by atoms with Crippen molar-refractivity contribution >= 4 is 5.69 Å². The molecule has 1 aromatic rings. The molecule has 0 aromatic heterocycles. The Bertz CT molecular complexity index is 419. The van der Waals surface area contributed by atoms with E-state index in [9.17, 15) is 8.78 Å². The van der Waals surface area contributed by atoms with Crippen molar-refractivity contribution in [1.29, 1.82) is 0 Å². The Labute approximate surface area is 113 Å². The van der Waals surface area contributed by atoms with Crippen LogP contribution in [0.3, 0.4) is 0 Å². The molecule has 0 bridgehead atoms. The quantitative estimate of drug-likeness (QED) is 0.856. The Morgan fingerprint density at radius 3 is 2.26 bits per heavy atom. The van der Waals surface area contributed by atoms with Crippen LogP contribution in [0.4, 0.5) is 14.5 Å². The highest BCUT2D eigenvalue weighted by Crippen LogP contribution is 2.35. The summed E-state index contributed by atoms with van der Waals surface area (Å²) in [5.41, 5.74) is 6.06. The second-order valence-corrected chi connectivity index (χ2v) is 5.72. The summed E-state index contributed by atoms with van der Waals surface area (Å²) in [6.45, 7) is 5.10. The molecule has 0 amide bonds. The first-order chi connectivity index (χ1) is 9.02. The lowest BCUT2D eigenvalue weighted by Gasteiger charge is -2.26. The lowest BCUT2D eigenvalue weighted by atomic mass is 10.1. The normalized spacial score (nSPS) is 15.1. The average Bonchev–Trinajstić information content (AvgIpc) is 3.15. The number of benzene rings is 1. The molecule has 1 fully saturated rings. The first-order valence-corrected chi connectivity index (χ1v) is 6.97. The van der Waals surface area contributed by atoms with Gasteiger partial charge in [0, 0.05) is 19.1 Å². The van der Waals surface area contributed by atoms with E-state index in [4.69, 9.17) is 5.73 Å². The maximum Gasteiger partial charge on any atom is 0.149 e. The SMILES string of the molecule is CC(C)CCN(c1c(F)cc(CN)cc1F)C1CC1. The van der Waals surface area contributed by atoms with Gasteiger partial charge in [-0.15, -0.1) is 0 Å². The van der Waals surface area contributed by atoms with Crippen molar-refractivity contribution in [1.82, 2.24) is 0 Å². The van der Waals surface area contributed by atoms with Crippen molar-refractivity contribution in [3.8, 4) is 0 Å². The minimum absolute atomic E-state index is 0.125. The molecule has 1 saturated carbocycles. The Hall–Kier alpha value is -1.16. The van der Waals surface area contributed by atoms with Crippen molar-refractivity contribution in [2.45, 2.75) is 45.7 Å². The van der Waals surface area contributed by atoms with Gasteiger partial charge in [0.05, 0.1) is 0 Å². The molecule has 2 rings (SSSR count). The highest BCUT2D eigenvalue weighted by molar-refractivity contribution is 5.52. The summed E-state index contributed by atoms with van der Waals surface area (Å²) in [4.78, 5) is 1.89. The maximum atomic E-state index is 14.1. The van der Waals surface area contributed by atoms with Crippen LogP contribution in [0.25, 0.3) is 0 Å². The standard InChI is InChI=1S/C15H22F2N2/c1-10(2)5-6-19(12-3-4-12)15-13(16)7-11(9-18)8-14(15)17/h7-8,10,12H,3-6,9,18H2,1-2H3. The molecule has 2 nitrogen and oxygen atoms in total. The molecule has 106 valence electrons. The zero-order valence-electron chi connectivity index (χ0n) is 11.6. The van der Waals surface area contributed by atoms with Crippen molar-refractivity contribution < 1.29 is 8.78 Å². The maximum absolute atomic E-state index is 14.1. The van der Waals surface area contributed by atoms with Gasteiger partial charge in [-0.05, 0) is 42.9 Å². The monoisotopic (exact) mass is 268 g/mol. The molecule has 19 heavy (non-hydrogen) atoms. The third-order valence-electron chi connectivity index (χ3n) is 3.53. The number of nitrogens with two attached hydrogens (primary N) is 1. The predicted octanol–water partition coefficient (Wildman–Crippen LogP) is 3.44. The molecule has 0 heterocycles. The van der Waals surface area contributed by atoms with Crippen LogP contribution in [0.2, 0.25) is 0 Å². The van der Waals surface area contributed by atoms with Crippen LogP contribution in [0.1, 0.15) is 38.7 Å². The predicted molar refractivity (Wildman–Crippen MR) is 74.1 cm³/mol. The van der Waals surface area contributed by atoms with Crippen LogP contribution in [0.5, 0.6) is 0 Å². The molecular formula is C15H22F2N2. The Balaban J connectivity index is 2.25. The fourth-order valence-electron chi connectivity index (χ4n) is 2.27. The molecule has 0 unspecified atom stereocenters. The van der Waals surface area contributed by atoms with Gasteiger partial charge in [0.1, 0.15) is 17.3 Å². The van der Waals surface area contributed by atoms with Gasteiger partial charge in [0.25, 0.3) is 0 Å². The van der Waals surface area contributed by atoms with Crippen molar-refractivity contribution in [3.05, 3.63) is 29.3 Å². The zero-order chi connectivity index (χ0) is 14.0. The second-order valence-electron chi connectivity index (χ2n) is 5.72. The van der Waals surface area contributed by atoms with Crippen LogP contribution in [-0.2, 0) is 6.54 Å². The van der Waals surface area contributed by atoms with E-state index in [0.29, 0.717) is 24.1 Å². The number of anilines is 1. The van der Waals surface area contributed by atoms with E-state index >= 15 is 0 Å². The van der Waals surface area contributed by atoms with Gasteiger partial charge >= 0.3 is 0 Å². The molecule has 1 aromatic carbocycles. The Morgan fingerprint density at radius 1 is 1.26 bits per heavy atom. The number of nitrogens with zero attached hydrogens (tertiary/aromatic N) is 1. The van der Waals surface area contributed by atoms with Gasteiger partial charge in [0.2, 0.25) is 0 Å². The van der Waals surface area contributed by atoms with Gasteiger partial charge in [-0.25, -0.2) is 8.78 Å². The molecule has 1 aliphatic rings. The molecule has 4 heteroatoms. The van der Waals surface area contributed by atoms with Gasteiger partial charge in [0.15, 0.2) is 0 Å². The number of halogens is 2. The summed E-state index contributed by atoms with van der Waals surface area (Å²) >= 11 is 0. The van der Waals surface area contributed by atoms with E-state index in [-0.39, 0.29) is 12.2 Å². The highest BCUT2D eigenvalue weighted by Gasteiger charge is 2.32. The molecule has 1 aliphatic carbocycles. The molecule has 0 saturated heterocycles. The van der Waals surface area contributed by atoms with E-state index in [1.54, 1.807) is 0 Å². The van der Waals surface area contributed by atoms with E-state index < -0.39 is 11.6 Å². The number of hydrogen-bond donors (Lipinski definition) is 1. The summed E-state index contributed by atoms with van der Waals surface area (Å²) in [6, 6.07) is 3.00. The molecule has 0 spiro atoms. The molecule has 0 radical (unpaired) electrons. The third-order valence-corrected chi connectivity index (χ3v) is 3.53. The second kappa shape index (κ2) is 5.87. The Kier molecular flexibility index (Phi) is 4.40. The first kappa shape index (κ1) is 14.3. The molecule has 2 N–H and O–H groups in total. The topological polar surface area (TPSA) is 29.3 Å². The smallest absolute Gasteiger partial charge is 0.149 e. The van der Waals surface area contributed by atoms with Gasteiger partial charge in [-0.2, -0.15) is 0 Å². The largest absolute Gasteiger partial charge is 0.364 e. The molecule has 0 atom stereocenters. The van der Waals surface area contributed by atoms with Gasteiger partial charge in [-0.3, -0.25) is 0 Å².